The maximum atomic E-state index is 6.33. The molecule has 3 heteroatoms. The fraction of sp³-hybridized carbons (Fsp3) is 0.647. The number of hydrogen-bond donors (Lipinski definition) is 1. The summed E-state index contributed by atoms with van der Waals surface area (Å²) in [6.07, 6.45) is 4.55. The van der Waals surface area contributed by atoms with Gasteiger partial charge in [0.1, 0.15) is 5.75 Å². The molecule has 0 aliphatic heterocycles. The first kappa shape index (κ1) is 15.7. The molecule has 112 valence electrons. The summed E-state index contributed by atoms with van der Waals surface area (Å²) in [5.41, 5.74) is 7.04. The zero-order chi connectivity index (χ0) is 14.7. The van der Waals surface area contributed by atoms with Gasteiger partial charge in [0.15, 0.2) is 0 Å². The number of benzene rings is 1. The zero-order valence-electron chi connectivity index (χ0n) is 12.7. The van der Waals surface area contributed by atoms with Gasteiger partial charge in [-0.15, -0.1) is 0 Å². The lowest BCUT2D eigenvalue weighted by Crippen LogP contribution is -2.29. The van der Waals surface area contributed by atoms with Crippen LogP contribution in [0.15, 0.2) is 18.2 Å². The van der Waals surface area contributed by atoms with Crippen molar-refractivity contribution in [1.29, 1.82) is 0 Å². The van der Waals surface area contributed by atoms with Crippen molar-refractivity contribution in [3.8, 4) is 5.75 Å². The lowest BCUT2D eigenvalue weighted by molar-refractivity contribution is 0.0997. The molecule has 4 unspecified atom stereocenters. The predicted octanol–water partition coefficient (Wildman–Crippen LogP) is 4.43. The van der Waals surface area contributed by atoms with Crippen LogP contribution in [0.2, 0.25) is 5.02 Å². The molecule has 1 aromatic carbocycles. The van der Waals surface area contributed by atoms with Crippen LogP contribution in [0.25, 0.3) is 0 Å². The summed E-state index contributed by atoms with van der Waals surface area (Å²) < 4.78 is 6.25. The first-order valence-electron chi connectivity index (χ1n) is 7.67. The number of nitrogens with two attached hydrogens (primary N) is 1. The molecule has 1 saturated carbocycles. The molecule has 0 aromatic heterocycles. The molecule has 0 heterocycles. The molecule has 20 heavy (non-hydrogen) atoms. The van der Waals surface area contributed by atoms with Gasteiger partial charge in [-0.1, -0.05) is 37.6 Å². The molecule has 1 aliphatic rings. The van der Waals surface area contributed by atoms with Gasteiger partial charge in [0.2, 0.25) is 0 Å². The number of rotatable bonds is 4. The summed E-state index contributed by atoms with van der Waals surface area (Å²) in [5.74, 6) is 2.36. The lowest BCUT2D eigenvalue weighted by atomic mass is 9.80. The van der Waals surface area contributed by atoms with E-state index in [1.54, 1.807) is 0 Å². The van der Waals surface area contributed by atoms with Crippen molar-refractivity contribution in [3.63, 3.8) is 0 Å². The van der Waals surface area contributed by atoms with Gasteiger partial charge in [0.05, 0.1) is 11.1 Å². The monoisotopic (exact) mass is 295 g/mol. The largest absolute Gasteiger partial charge is 0.489 e. The third-order valence-electron chi connectivity index (χ3n) is 4.43. The molecule has 0 amide bonds. The molecule has 0 spiro atoms. The molecule has 2 N–H and O–H groups in total. The van der Waals surface area contributed by atoms with Crippen molar-refractivity contribution in [1.82, 2.24) is 0 Å². The second-order valence-corrected chi connectivity index (χ2v) is 6.82. The van der Waals surface area contributed by atoms with E-state index in [0.717, 1.165) is 36.5 Å². The van der Waals surface area contributed by atoms with Crippen molar-refractivity contribution in [2.75, 3.05) is 0 Å². The van der Waals surface area contributed by atoms with Crippen LogP contribution >= 0.6 is 11.6 Å². The van der Waals surface area contributed by atoms with Crippen LogP contribution in [0.1, 0.15) is 45.6 Å². The minimum Gasteiger partial charge on any atom is -0.489 e. The van der Waals surface area contributed by atoms with Crippen molar-refractivity contribution in [2.45, 2.75) is 58.6 Å². The Morgan fingerprint density at radius 2 is 2.05 bits per heavy atom. The third kappa shape index (κ3) is 3.89. The number of halogens is 1. The summed E-state index contributed by atoms with van der Waals surface area (Å²) in [7, 11) is 0. The highest BCUT2D eigenvalue weighted by molar-refractivity contribution is 6.32. The smallest absolute Gasteiger partial charge is 0.141 e. The van der Waals surface area contributed by atoms with E-state index in [4.69, 9.17) is 22.1 Å². The molecule has 0 bridgehead atoms. The lowest BCUT2D eigenvalue weighted by Gasteiger charge is -2.33. The molecule has 2 rings (SSSR count). The van der Waals surface area contributed by atoms with Crippen LogP contribution in [-0.4, -0.2) is 12.1 Å². The SMILES string of the molecule is CC(N)Cc1cccc(Cl)c1OC1CCC(C)C(C)C1. The summed E-state index contributed by atoms with van der Waals surface area (Å²) in [5, 5.41) is 0.703. The van der Waals surface area contributed by atoms with E-state index in [1.807, 2.05) is 19.1 Å². The fourth-order valence-corrected chi connectivity index (χ4v) is 3.20. The van der Waals surface area contributed by atoms with Gasteiger partial charge in [-0.2, -0.15) is 0 Å². The summed E-state index contributed by atoms with van der Waals surface area (Å²) in [6.45, 7) is 6.66. The number of ether oxygens (including phenoxy) is 1. The Balaban J connectivity index is 2.12. The number of hydrogen-bond acceptors (Lipinski definition) is 2. The fourth-order valence-electron chi connectivity index (χ4n) is 2.96. The average Bonchev–Trinajstić information content (AvgIpc) is 2.37. The van der Waals surface area contributed by atoms with E-state index < -0.39 is 0 Å². The summed E-state index contributed by atoms with van der Waals surface area (Å²) in [4.78, 5) is 0. The Bertz CT molecular complexity index is 447. The van der Waals surface area contributed by atoms with Crippen LogP contribution in [0.4, 0.5) is 0 Å². The van der Waals surface area contributed by atoms with Gasteiger partial charge >= 0.3 is 0 Å². The first-order chi connectivity index (χ1) is 9.47. The average molecular weight is 296 g/mol. The van der Waals surface area contributed by atoms with Gasteiger partial charge < -0.3 is 10.5 Å². The summed E-state index contributed by atoms with van der Waals surface area (Å²) >= 11 is 6.33. The highest BCUT2D eigenvalue weighted by Crippen LogP contribution is 2.36. The van der Waals surface area contributed by atoms with Gasteiger partial charge in [0.25, 0.3) is 0 Å². The Hall–Kier alpha value is -0.730. The van der Waals surface area contributed by atoms with Crippen LogP contribution < -0.4 is 10.5 Å². The Morgan fingerprint density at radius 3 is 2.70 bits per heavy atom. The van der Waals surface area contributed by atoms with Gasteiger partial charge in [-0.3, -0.25) is 0 Å². The van der Waals surface area contributed by atoms with Crippen molar-refractivity contribution in [3.05, 3.63) is 28.8 Å². The van der Waals surface area contributed by atoms with E-state index >= 15 is 0 Å². The Morgan fingerprint density at radius 1 is 1.30 bits per heavy atom. The van der Waals surface area contributed by atoms with Crippen LogP contribution in [0.5, 0.6) is 5.75 Å². The Labute approximate surface area is 127 Å². The van der Waals surface area contributed by atoms with Crippen LogP contribution in [0.3, 0.4) is 0 Å². The maximum Gasteiger partial charge on any atom is 0.141 e. The van der Waals surface area contributed by atoms with Crippen molar-refractivity contribution >= 4 is 11.6 Å². The summed E-state index contributed by atoms with van der Waals surface area (Å²) in [6, 6.07) is 6.05. The first-order valence-corrected chi connectivity index (χ1v) is 8.04. The number of para-hydroxylation sites is 1. The van der Waals surface area contributed by atoms with Crippen LogP contribution in [0, 0.1) is 11.8 Å². The normalized spacial score (nSPS) is 28.1. The van der Waals surface area contributed by atoms with Crippen LogP contribution in [-0.2, 0) is 6.42 Å². The van der Waals surface area contributed by atoms with E-state index in [1.165, 1.54) is 6.42 Å². The highest BCUT2D eigenvalue weighted by atomic mass is 35.5. The molecule has 1 aromatic rings. The van der Waals surface area contributed by atoms with E-state index in [2.05, 4.69) is 19.9 Å². The van der Waals surface area contributed by atoms with E-state index in [-0.39, 0.29) is 12.1 Å². The van der Waals surface area contributed by atoms with Gasteiger partial charge in [-0.05, 0) is 56.1 Å². The molecule has 1 aliphatic carbocycles. The maximum absolute atomic E-state index is 6.33. The van der Waals surface area contributed by atoms with E-state index in [0.29, 0.717) is 10.9 Å². The quantitative estimate of drug-likeness (QED) is 0.891. The minimum atomic E-state index is 0.112. The molecule has 4 atom stereocenters. The molecular weight excluding hydrogens is 270 g/mol. The molecular formula is C17H26ClNO. The van der Waals surface area contributed by atoms with Crippen molar-refractivity contribution in [2.24, 2.45) is 17.6 Å². The third-order valence-corrected chi connectivity index (χ3v) is 4.72. The van der Waals surface area contributed by atoms with E-state index in [9.17, 15) is 0 Å². The highest BCUT2D eigenvalue weighted by Gasteiger charge is 2.26. The molecule has 0 saturated heterocycles. The topological polar surface area (TPSA) is 35.2 Å². The van der Waals surface area contributed by atoms with Gasteiger partial charge in [-0.25, -0.2) is 0 Å². The second-order valence-electron chi connectivity index (χ2n) is 6.42. The predicted molar refractivity (Wildman–Crippen MR) is 85.4 cm³/mol. The van der Waals surface area contributed by atoms with Gasteiger partial charge in [0, 0.05) is 6.04 Å². The molecule has 2 nitrogen and oxygen atoms in total. The Kier molecular flexibility index (Phi) is 5.34. The standard InChI is InChI=1S/C17H26ClNO/c1-11-7-8-15(9-12(11)2)20-17-14(10-13(3)19)5-4-6-16(17)18/h4-6,11-13,15H,7-10,19H2,1-3H3. The van der Waals surface area contributed by atoms with Crippen molar-refractivity contribution < 1.29 is 4.74 Å². The molecule has 1 fully saturated rings. The zero-order valence-corrected chi connectivity index (χ0v) is 13.5. The minimum absolute atomic E-state index is 0.112. The second kappa shape index (κ2) is 6.82. The molecule has 0 radical (unpaired) electrons.